The van der Waals surface area contributed by atoms with Gasteiger partial charge in [-0.05, 0) is 16.9 Å². The molecule has 0 spiro atoms. The van der Waals surface area contributed by atoms with Crippen LogP contribution < -0.4 is 4.74 Å². The number of aromatic hydroxyl groups is 1. The molecule has 0 aromatic heterocycles. The summed E-state index contributed by atoms with van der Waals surface area (Å²) < 4.78 is 5.38. The minimum atomic E-state index is -1.14. The summed E-state index contributed by atoms with van der Waals surface area (Å²) >= 11 is 0. The summed E-state index contributed by atoms with van der Waals surface area (Å²) in [5, 5.41) is 19.9. The van der Waals surface area contributed by atoms with E-state index in [1.165, 1.54) is 7.11 Å². The van der Waals surface area contributed by atoms with Gasteiger partial charge in [0.2, 0.25) is 0 Å². The van der Waals surface area contributed by atoms with Crippen molar-refractivity contribution >= 4 is 5.97 Å². The van der Waals surface area contributed by atoms with Gasteiger partial charge < -0.3 is 14.9 Å². The molecule has 0 saturated heterocycles. The molecule has 0 aliphatic rings. The van der Waals surface area contributed by atoms with Crippen LogP contribution in [0.2, 0.25) is 0 Å². The summed E-state index contributed by atoms with van der Waals surface area (Å²) in [5.74, 6) is -0.815. The molecule has 0 aliphatic heterocycles. The first-order valence-electron chi connectivity index (χ1n) is 6.59. The second kappa shape index (κ2) is 5.00. The predicted octanol–water partition coefficient (Wildman–Crippen LogP) is 3.69. The molecule has 0 heterocycles. The Morgan fingerprint density at radius 2 is 1.60 bits per heavy atom. The summed E-state index contributed by atoms with van der Waals surface area (Å²) in [4.78, 5) is 11.6. The maximum atomic E-state index is 11.6. The van der Waals surface area contributed by atoms with Crippen LogP contribution in [0.15, 0.2) is 6.07 Å². The summed E-state index contributed by atoms with van der Waals surface area (Å²) in [7, 11) is 1.51. The second-order valence-electron chi connectivity index (χ2n) is 7.03. The zero-order chi connectivity index (χ0) is 15.9. The molecule has 0 radical (unpaired) electrons. The molecule has 0 amide bonds. The molecule has 20 heavy (non-hydrogen) atoms. The van der Waals surface area contributed by atoms with Crippen molar-refractivity contribution in [3.63, 3.8) is 0 Å². The molecule has 4 nitrogen and oxygen atoms in total. The van der Waals surface area contributed by atoms with E-state index >= 15 is 0 Å². The van der Waals surface area contributed by atoms with Crippen molar-refractivity contribution in [1.29, 1.82) is 0 Å². The fraction of sp³-hybridized carbons (Fsp3) is 0.562. The van der Waals surface area contributed by atoms with Gasteiger partial charge in [0.15, 0.2) is 0 Å². The largest absolute Gasteiger partial charge is 0.507 e. The van der Waals surface area contributed by atoms with E-state index in [0.717, 1.165) is 0 Å². The smallest absolute Gasteiger partial charge is 0.339 e. The zero-order valence-corrected chi connectivity index (χ0v) is 13.3. The molecular weight excluding hydrogens is 256 g/mol. The van der Waals surface area contributed by atoms with Crippen molar-refractivity contribution < 1.29 is 19.7 Å². The first kappa shape index (κ1) is 16.3. The van der Waals surface area contributed by atoms with Crippen molar-refractivity contribution in [2.45, 2.75) is 52.4 Å². The number of hydrogen-bond donors (Lipinski definition) is 2. The molecule has 1 rings (SSSR count). The summed E-state index contributed by atoms with van der Waals surface area (Å²) in [6.07, 6.45) is 0. The van der Waals surface area contributed by atoms with Gasteiger partial charge in [0.1, 0.15) is 17.1 Å². The number of aromatic carboxylic acids is 1. The minimum absolute atomic E-state index is 0.0678. The lowest BCUT2D eigenvalue weighted by atomic mass is 9.77. The highest BCUT2D eigenvalue weighted by atomic mass is 16.5. The van der Waals surface area contributed by atoms with Gasteiger partial charge in [0.25, 0.3) is 0 Å². The predicted molar refractivity (Wildman–Crippen MR) is 79.0 cm³/mol. The Morgan fingerprint density at radius 3 is 1.90 bits per heavy atom. The first-order chi connectivity index (χ1) is 8.91. The fourth-order valence-electron chi connectivity index (χ4n) is 2.33. The molecular formula is C16H24O4. The molecule has 0 saturated carbocycles. The number of phenols is 1. The van der Waals surface area contributed by atoms with Crippen molar-refractivity contribution in [3.8, 4) is 11.5 Å². The van der Waals surface area contributed by atoms with E-state index in [4.69, 9.17) is 4.74 Å². The normalized spacial score (nSPS) is 12.3. The number of carbonyl (C=O) groups is 1. The van der Waals surface area contributed by atoms with Gasteiger partial charge in [-0.3, -0.25) is 0 Å². The van der Waals surface area contributed by atoms with Crippen LogP contribution in [0.3, 0.4) is 0 Å². The van der Waals surface area contributed by atoms with Crippen molar-refractivity contribution in [2.24, 2.45) is 0 Å². The average molecular weight is 280 g/mol. The maximum Gasteiger partial charge on any atom is 0.339 e. The fourth-order valence-corrected chi connectivity index (χ4v) is 2.33. The molecule has 1 aromatic rings. The van der Waals surface area contributed by atoms with Crippen LogP contribution in [0, 0.1) is 0 Å². The molecule has 4 heteroatoms. The summed E-state index contributed by atoms with van der Waals surface area (Å²) in [6, 6.07) is 1.74. The lowest BCUT2D eigenvalue weighted by Gasteiger charge is -2.29. The number of carboxylic acid groups (broad SMARTS) is 1. The Labute approximate surface area is 120 Å². The summed E-state index contributed by atoms with van der Waals surface area (Å²) in [5.41, 5.74) is 0.185. The first-order valence-corrected chi connectivity index (χ1v) is 6.59. The Bertz CT molecular complexity index is 531. The highest BCUT2D eigenvalue weighted by molar-refractivity contribution is 5.94. The van der Waals surface area contributed by atoms with Gasteiger partial charge in [0.05, 0.1) is 7.11 Å². The van der Waals surface area contributed by atoms with E-state index in [1.807, 2.05) is 41.5 Å². The van der Waals surface area contributed by atoms with Gasteiger partial charge in [-0.1, -0.05) is 41.5 Å². The molecule has 0 bridgehead atoms. The molecule has 0 unspecified atom stereocenters. The van der Waals surface area contributed by atoms with Crippen molar-refractivity contribution in [3.05, 3.63) is 22.8 Å². The average Bonchev–Trinajstić information content (AvgIpc) is 2.24. The van der Waals surface area contributed by atoms with Gasteiger partial charge in [-0.15, -0.1) is 0 Å². The molecule has 112 valence electrons. The van der Waals surface area contributed by atoms with Crippen LogP contribution in [0.5, 0.6) is 11.5 Å². The SMILES string of the molecule is COc1cc(C(C)(C)C)c(O)c(C(=O)O)c1C(C)(C)C. The number of benzene rings is 1. The molecule has 2 N–H and O–H groups in total. The van der Waals surface area contributed by atoms with Crippen LogP contribution in [0.4, 0.5) is 0 Å². The van der Waals surface area contributed by atoms with Gasteiger partial charge >= 0.3 is 5.97 Å². The third kappa shape index (κ3) is 2.89. The van der Waals surface area contributed by atoms with Crippen LogP contribution >= 0.6 is 0 Å². The quantitative estimate of drug-likeness (QED) is 0.867. The molecule has 0 atom stereocenters. The lowest BCUT2D eigenvalue weighted by molar-refractivity contribution is 0.0690. The van der Waals surface area contributed by atoms with E-state index in [1.54, 1.807) is 6.07 Å². The second-order valence-corrected chi connectivity index (χ2v) is 7.03. The third-order valence-corrected chi connectivity index (χ3v) is 3.26. The van der Waals surface area contributed by atoms with E-state index in [2.05, 4.69) is 0 Å². The van der Waals surface area contributed by atoms with Crippen molar-refractivity contribution in [1.82, 2.24) is 0 Å². The van der Waals surface area contributed by atoms with E-state index in [0.29, 0.717) is 16.9 Å². The topological polar surface area (TPSA) is 66.8 Å². The maximum absolute atomic E-state index is 11.6. The highest BCUT2D eigenvalue weighted by Gasteiger charge is 2.33. The lowest BCUT2D eigenvalue weighted by Crippen LogP contribution is -2.21. The van der Waals surface area contributed by atoms with Crippen LogP contribution in [0.25, 0.3) is 0 Å². The van der Waals surface area contributed by atoms with Crippen LogP contribution in [-0.2, 0) is 10.8 Å². The van der Waals surface area contributed by atoms with Gasteiger partial charge in [-0.2, -0.15) is 0 Å². The number of rotatable bonds is 2. The monoisotopic (exact) mass is 280 g/mol. The van der Waals surface area contributed by atoms with Gasteiger partial charge in [0, 0.05) is 11.1 Å². The number of methoxy groups -OCH3 is 1. The standard InChI is InChI=1S/C16H24O4/c1-15(2,3)9-8-10(20-7)12(16(4,5)6)11(13(9)17)14(18)19/h8,17H,1-7H3,(H,18,19). The van der Waals surface area contributed by atoms with E-state index in [-0.39, 0.29) is 16.7 Å². The number of carboxylic acids is 1. The Balaban J connectivity index is 3.88. The molecule has 0 fully saturated rings. The Morgan fingerprint density at radius 1 is 1.10 bits per heavy atom. The number of hydrogen-bond acceptors (Lipinski definition) is 3. The molecule has 1 aromatic carbocycles. The van der Waals surface area contributed by atoms with Crippen LogP contribution in [0.1, 0.15) is 63.0 Å². The van der Waals surface area contributed by atoms with Crippen molar-refractivity contribution in [2.75, 3.05) is 7.11 Å². The highest BCUT2D eigenvalue weighted by Crippen LogP contribution is 2.44. The van der Waals surface area contributed by atoms with Crippen LogP contribution in [-0.4, -0.2) is 23.3 Å². The third-order valence-electron chi connectivity index (χ3n) is 3.26. The minimum Gasteiger partial charge on any atom is -0.507 e. The van der Waals surface area contributed by atoms with E-state index in [9.17, 15) is 15.0 Å². The molecule has 0 aliphatic carbocycles. The Hall–Kier alpha value is -1.71. The zero-order valence-electron chi connectivity index (χ0n) is 13.3. The van der Waals surface area contributed by atoms with Gasteiger partial charge in [-0.25, -0.2) is 4.79 Å². The number of ether oxygens (including phenoxy) is 1. The summed E-state index contributed by atoms with van der Waals surface area (Å²) in [6.45, 7) is 11.5. The van der Waals surface area contributed by atoms with E-state index < -0.39 is 11.4 Å². The Kier molecular flexibility index (Phi) is 4.09.